The van der Waals surface area contributed by atoms with Crippen LogP contribution in [0.5, 0.6) is 11.5 Å². The number of carbonyl (C=O) groups excluding carboxylic acids is 1. The molecule has 2 aromatic rings. The first-order valence-corrected chi connectivity index (χ1v) is 11.9. The number of nitrogens with zero attached hydrogens (tertiary/aromatic N) is 1. The van der Waals surface area contributed by atoms with Crippen LogP contribution in [0.25, 0.3) is 0 Å². The lowest BCUT2D eigenvalue weighted by Gasteiger charge is -2.42. The highest BCUT2D eigenvalue weighted by Gasteiger charge is 2.52. The molecule has 0 aromatic heterocycles. The molecule has 5 atom stereocenters. The molecule has 0 saturated carbocycles. The molecule has 1 N–H and O–H groups in total. The average Bonchev–Trinajstić information content (AvgIpc) is 3.29. The van der Waals surface area contributed by atoms with E-state index in [4.69, 9.17) is 23.7 Å². The molecule has 2 fully saturated rings. The van der Waals surface area contributed by atoms with E-state index in [0.29, 0.717) is 13.2 Å². The zero-order chi connectivity index (χ0) is 24.1. The van der Waals surface area contributed by atoms with Gasteiger partial charge in [0.1, 0.15) is 35.2 Å². The highest BCUT2D eigenvalue weighted by atomic mass is 32.2. The maximum absolute atomic E-state index is 12.6. The summed E-state index contributed by atoms with van der Waals surface area (Å²) in [6, 6.07) is 15.1. The van der Waals surface area contributed by atoms with Crippen molar-refractivity contribution in [1.29, 1.82) is 0 Å². The summed E-state index contributed by atoms with van der Waals surface area (Å²) >= 11 is 1.47. The number of hydrogen-bond donors (Lipinski definition) is 1. The number of methoxy groups -OCH3 is 2. The summed E-state index contributed by atoms with van der Waals surface area (Å²) in [4.78, 5) is 16.9. The highest BCUT2D eigenvalue weighted by molar-refractivity contribution is 8.14. The number of rotatable bonds is 9. The van der Waals surface area contributed by atoms with Gasteiger partial charge in [0.2, 0.25) is 0 Å². The van der Waals surface area contributed by atoms with Gasteiger partial charge in [0.25, 0.3) is 0 Å². The first kappa shape index (κ1) is 24.5. The number of fused-ring (bicyclic) bond motifs is 1. The van der Waals surface area contributed by atoms with Crippen molar-refractivity contribution in [2.75, 3.05) is 21.3 Å². The van der Waals surface area contributed by atoms with E-state index in [1.54, 1.807) is 21.3 Å². The number of amidine groups is 1. The Morgan fingerprint density at radius 3 is 1.94 bits per heavy atom. The normalized spacial score (nSPS) is 27.2. The monoisotopic (exact) mass is 486 g/mol. The van der Waals surface area contributed by atoms with Crippen LogP contribution in [0.4, 0.5) is 0 Å². The summed E-state index contributed by atoms with van der Waals surface area (Å²) in [5, 5.41) is 4.14. The number of aliphatic imine (C=N–C) groups is 1. The molecule has 34 heavy (non-hydrogen) atoms. The predicted octanol–water partition coefficient (Wildman–Crippen LogP) is 3.18. The second-order valence-electron chi connectivity index (χ2n) is 8.10. The van der Waals surface area contributed by atoms with Crippen LogP contribution in [0.2, 0.25) is 0 Å². The van der Waals surface area contributed by atoms with Gasteiger partial charge in [-0.2, -0.15) is 0 Å². The number of nitrogens with one attached hydrogen (secondary N) is 1. The quantitative estimate of drug-likeness (QED) is 0.578. The van der Waals surface area contributed by atoms with Crippen LogP contribution >= 0.6 is 11.8 Å². The molecule has 0 unspecified atom stereocenters. The molecule has 2 aliphatic heterocycles. The van der Waals surface area contributed by atoms with Crippen LogP contribution in [0, 0.1) is 0 Å². The zero-order valence-corrected chi connectivity index (χ0v) is 20.5. The summed E-state index contributed by atoms with van der Waals surface area (Å²) in [5.41, 5.74) is 1.66. The van der Waals surface area contributed by atoms with Gasteiger partial charge in [-0.25, -0.2) is 0 Å². The van der Waals surface area contributed by atoms with Gasteiger partial charge in [-0.05, 0) is 42.3 Å². The summed E-state index contributed by atoms with van der Waals surface area (Å²) in [6.45, 7) is 2.19. The molecular weight excluding hydrogens is 456 g/mol. The fraction of sp³-hybridized carbons (Fsp3) is 0.440. The Morgan fingerprint density at radius 1 is 0.941 bits per heavy atom. The minimum Gasteiger partial charge on any atom is -0.497 e. The molecule has 0 spiro atoms. The zero-order valence-electron chi connectivity index (χ0n) is 19.7. The Hall–Kier alpha value is -2.59. The molecule has 182 valence electrons. The third kappa shape index (κ3) is 5.55. The van der Waals surface area contributed by atoms with E-state index in [1.807, 2.05) is 48.5 Å². The molecule has 2 aliphatic rings. The first-order valence-electron chi connectivity index (χ1n) is 11.1. The van der Waals surface area contributed by atoms with Crippen LogP contribution in [0.15, 0.2) is 53.5 Å². The van der Waals surface area contributed by atoms with Crippen molar-refractivity contribution in [3.05, 3.63) is 59.7 Å². The Morgan fingerprint density at radius 2 is 1.47 bits per heavy atom. The van der Waals surface area contributed by atoms with Gasteiger partial charge >= 0.3 is 0 Å². The molecule has 2 aromatic carbocycles. The largest absolute Gasteiger partial charge is 0.497 e. The Bertz CT molecular complexity index is 997. The summed E-state index contributed by atoms with van der Waals surface area (Å²) in [6.07, 6.45) is -1.77. The number of ether oxygens (including phenoxy) is 5. The Balaban J connectivity index is 1.55. The van der Waals surface area contributed by atoms with E-state index >= 15 is 0 Å². The van der Waals surface area contributed by atoms with Gasteiger partial charge in [-0.1, -0.05) is 36.0 Å². The predicted molar refractivity (Wildman–Crippen MR) is 130 cm³/mol. The van der Waals surface area contributed by atoms with Crippen LogP contribution in [-0.4, -0.2) is 62.0 Å². The molecular formula is C25H30N2O6S. The molecule has 9 heteroatoms. The van der Waals surface area contributed by atoms with E-state index < -0.39 is 18.3 Å². The number of hydrogen-bond acceptors (Lipinski definition) is 8. The molecule has 4 rings (SSSR count). The lowest BCUT2D eigenvalue weighted by molar-refractivity contribution is -0.200. The van der Waals surface area contributed by atoms with E-state index in [1.165, 1.54) is 18.7 Å². The smallest absolute Gasteiger partial charge is 0.161 e. The Kier molecular flexibility index (Phi) is 8.10. The van der Waals surface area contributed by atoms with Crippen molar-refractivity contribution in [3.63, 3.8) is 0 Å². The van der Waals surface area contributed by atoms with Gasteiger partial charge in [0.05, 0.1) is 33.5 Å². The second-order valence-corrected chi connectivity index (χ2v) is 9.19. The van der Waals surface area contributed by atoms with Crippen molar-refractivity contribution in [3.8, 4) is 11.5 Å². The molecule has 0 bridgehead atoms. The van der Waals surface area contributed by atoms with Gasteiger partial charge in [-0.15, -0.1) is 0 Å². The number of ketones is 1. The van der Waals surface area contributed by atoms with E-state index in [-0.39, 0.29) is 17.3 Å². The van der Waals surface area contributed by atoms with Crippen LogP contribution in [0.1, 0.15) is 18.1 Å². The van der Waals surface area contributed by atoms with E-state index in [9.17, 15) is 4.79 Å². The fourth-order valence-electron chi connectivity index (χ4n) is 4.03. The third-order valence-electron chi connectivity index (χ3n) is 5.87. The molecule has 0 radical (unpaired) electrons. The first-order chi connectivity index (χ1) is 16.5. The van der Waals surface area contributed by atoms with Crippen molar-refractivity contribution in [2.45, 2.75) is 49.9 Å². The molecule has 0 aliphatic carbocycles. The van der Waals surface area contributed by atoms with Crippen LogP contribution < -0.4 is 14.8 Å². The van der Waals surface area contributed by atoms with Gasteiger partial charge in [0, 0.05) is 7.05 Å². The maximum Gasteiger partial charge on any atom is 0.161 e. The number of benzene rings is 2. The molecule has 2 saturated heterocycles. The summed E-state index contributed by atoms with van der Waals surface area (Å²) in [7, 11) is 4.99. The average molecular weight is 487 g/mol. The van der Waals surface area contributed by atoms with Crippen molar-refractivity contribution in [2.24, 2.45) is 4.99 Å². The van der Waals surface area contributed by atoms with Gasteiger partial charge in [-0.3, -0.25) is 9.79 Å². The van der Waals surface area contributed by atoms with Crippen LogP contribution in [-0.2, 0) is 32.2 Å². The highest BCUT2D eigenvalue weighted by Crippen LogP contribution is 2.37. The maximum atomic E-state index is 12.6. The van der Waals surface area contributed by atoms with Crippen molar-refractivity contribution < 1.29 is 28.5 Å². The van der Waals surface area contributed by atoms with Crippen molar-refractivity contribution in [1.82, 2.24) is 5.32 Å². The number of carbonyl (C=O) groups is 1. The van der Waals surface area contributed by atoms with Crippen LogP contribution in [0.3, 0.4) is 0 Å². The lowest BCUT2D eigenvalue weighted by atomic mass is 9.95. The van der Waals surface area contributed by atoms with Gasteiger partial charge in [0.15, 0.2) is 11.0 Å². The van der Waals surface area contributed by atoms with E-state index in [0.717, 1.165) is 27.8 Å². The van der Waals surface area contributed by atoms with Gasteiger partial charge < -0.3 is 29.0 Å². The second kappa shape index (κ2) is 11.2. The third-order valence-corrected chi connectivity index (χ3v) is 7.04. The van der Waals surface area contributed by atoms with Crippen molar-refractivity contribution >= 4 is 22.7 Å². The van der Waals surface area contributed by atoms with E-state index in [2.05, 4.69) is 10.3 Å². The minimum atomic E-state index is -0.745. The lowest BCUT2D eigenvalue weighted by Crippen LogP contribution is -2.62. The summed E-state index contributed by atoms with van der Waals surface area (Å²) in [5.74, 6) is 1.46. The SMILES string of the molecule is CN=C1N[C@@H]2[C@@H](OCc3ccc(OC)cc3)[C@H](OCc3ccc(OC)cc3)[C@@H](C(C)=O)O[C@@H]2S1. The minimum absolute atomic E-state index is 0.0984. The summed E-state index contributed by atoms with van der Waals surface area (Å²) < 4.78 is 29.4. The number of thioether (sulfide) groups is 1. The Labute approximate surface area is 204 Å². The molecule has 0 amide bonds. The fourth-order valence-corrected chi connectivity index (χ4v) is 5.10. The standard InChI is InChI=1S/C25H30N2O6S/c1-15(28)21-23(32-14-17-7-11-19(30-4)12-8-17)22(20-24(33-21)34-25(26-2)27-20)31-13-16-5-9-18(29-3)10-6-16/h5-12,20-24H,13-14H2,1-4H3,(H,26,27)/t20-,21-,22-,23-,24-/m1/s1. The number of Topliss-reactive ketones (excluding diaryl/α,β-unsaturated/α-hetero) is 1. The topological polar surface area (TPSA) is 87.6 Å². The molecule has 2 heterocycles. The molecule has 8 nitrogen and oxygen atoms in total.